The monoisotopic (exact) mass is 274 g/mol. The van der Waals surface area contributed by atoms with Crippen molar-refractivity contribution in [2.24, 2.45) is 0 Å². The first kappa shape index (κ1) is 15.5. The van der Waals surface area contributed by atoms with Crippen molar-refractivity contribution in [2.75, 3.05) is 26.2 Å². The van der Waals surface area contributed by atoms with Gasteiger partial charge in [0.15, 0.2) is 0 Å². The average Bonchev–Trinajstić information content (AvgIpc) is 2.68. The molecule has 2 nitrogen and oxygen atoms in total. The average molecular weight is 274 g/mol. The molecule has 112 valence electrons. The van der Waals surface area contributed by atoms with Gasteiger partial charge in [-0.2, -0.15) is 0 Å². The summed E-state index contributed by atoms with van der Waals surface area (Å²) in [6.45, 7) is 9.33. The van der Waals surface area contributed by atoms with Crippen molar-refractivity contribution in [1.29, 1.82) is 0 Å². The van der Waals surface area contributed by atoms with Gasteiger partial charge in [0, 0.05) is 25.7 Å². The van der Waals surface area contributed by atoms with Crippen molar-refractivity contribution in [3.63, 3.8) is 0 Å². The predicted molar refractivity (Wildman–Crippen MR) is 87.3 cm³/mol. The Labute approximate surface area is 124 Å². The van der Waals surface area contributed by atoms with Crippen LogP contribution in [0.1, 0.15) is 44.2 Å². The highest BCUT2D eigenvalue weighted by atomic mass is 15.1. The Morgan fingerprint density at radius 1 is 1.05 bits per heavy atom. The minimum absolute atomic E-state index is 0.668. The first-order chi connectivity index (χ1) is 9.83. The van der Waals surface area contributed by atoms with Crippen LogP contribution in [0, 0.1) is 0 Å². The number of rotatable bonds is 7. The summed E-state index contributed by atoms with van der Waals surface area (Å²) in [5.41, 5.74) is 3.12. The van der Waals surface area contributed by atoms with Crippen molar-refractivity contribution >= 4 is 0 Å². The molecule has 1 atom stereocenters. The summed E-state index contributed by atoms with van der Waals surface area (Å²) in [5.74, 6) is 0. The minimum Gasteiger partial charge on any atom is -0.313 e. The molecule has 0 amide bonds. The summed E-state index contributed by atoms with van der Waals surface area (Å²) < 4.78 is 0. The van der Waals surface area contributed by atoms with Crippen LogP contribution in [-0.4, -0.2) is 37.1 Å². The second-order valence-electron chi connectivity index (χ2n) is 6.01. The van der Waals surface area contributed by atoms with E-state index in [1.54, 1.807) is 11.1 Å². The highest BCUT2D eigenvalue weighted by Crippen LogP contribution is 2.16. The van der Waals surface area contributed by atoms with Gasteiger partial charge in [-0.25, -0.2) is 0 Å². The van der Waals surface area contributed by atoms with E-state index in [9.17, 15) is 0 Å². The van der Waals surface area contributed by atoms with Crippen LogP contribution in [-0.2, 0) is 12.8 Å². The zero-order valence-corrected chi connectivity index (χ0v) is 13.2. The first-order valence-corrected chi connectivity index (χ1v) is 8.36. The molecule has 1 aromatic rings. The zero-order chi connectivity index (χ0) is 14.2. The summed E-state index contributed by atoms with van der Waals surface area (Å²) in [7, 11) is 0. The Morgan fingerprint density at radius 3 is 2.25 bits per heavy atom. The van der Waals surface area contributed by atoms with Crippen LogP contribution in [0.15, 0.2) is 24.3 Å². The van der Waals surface area contributed by atoms with Crippen molar-refractivity contribution < 1.29 is 0 Å². The van der Waals surface area contributed by atoms with Crippen LogP contribution in [0.5, 0.6) is 0 Å². The Balaban J connectivity index is 1.87. The van der Waals surface area contributed by atoms with Gasteiger partial charge < -0.3 is 10.2 Å². The van der Waals surface area contributed by atoms with Crippen LogP contribution < -0.4 is 5.32 Å². The molecule has 1 aliphatic rings. The maximum atomic E-state index is 3.72. The van der Waals surface area contributed by atoms with Gasteiger partial charge in [0.05, 0.1) is 0 Å². The van der Waals surface area contributed by atoms with Crippen LogP contribution in [0.3, 0.4) is 0 Å². The van der Waals surface area contributed by atoms with Gasteiger partial charge >= 0.3 is 0 Å². The maximum Gasteiger partial charge on any atom is 0.0194 e. The molecular formula is C18H30N2. The molecule has 0 radical (unpaired) electrons. The molecule has 2 rings (SSSR count). The lowest BCUT2D eigenvalue weighted by molar-refractivity contribution is 0.245. The van der Waals surface area contributed by atoms with E-state index in [0.717, 1.165) is 6.54 Å². The lowest BCUT2D eigenvalue weighted by Crippen LogP contribution is -2.42. The number of nitrogens with zero attached hydrogens (tertiary/aromatic N) is 1. The van der Waals surface area contributed by atoms with Crippen LogP contribution in [0.4, 0.5) is 0 Å². The zero-order valence-electron chi connectivity index (χ0n) is 13.2. The van der Waals surface area contributed by atoms with Crippen LogP contribution in [0.25, 0.3) is 0 Å². The summed E-state index contributed by atoms with van der Waals surface area (Å²) in [6, 6.07) is 9.63. The van der Waals surface area contributed by atoms with Gasteiger partial charge in [-0.3, -0.25) is 0 Å². The largest absolute Gasteiger partial charge is 0.313 e. The van der Waals surface area contributed by atoms with Crippen molar-refractivity contribution in [2.45, 2.75) is 52.0 Å². The smallest absolute Gasteiger partial charge is 0.0194 e. The topological polar surface area (TPSA) is 15.3 Å². The number of fused-ring (bicyclic) bond motifs is 1. The van der Waals surface area contributed by atoms with E-state index >= 15 is 0 Å². The minimum atomic E-state index is 0.668. The number of hydrogen-bond acceptors (Lipinski definition) is 2. The molecule has 0 bridgehead atoms. The molecular weight excluding hydrogens is 244 g/mol. The molecule has 20 heavy (non-hydrogen) atoms. The Morgan fingerprint density at radius 2 is 1.70 bits per heavy atom. The van der Waals surface area contributed by atoms with Crippen LogP contribution in [0.2, 0.25) is 0 Å². The van der Waals surface area contributed by atoms with E-state index in [4.69, 9.17) is 0 Å². The molecule has 0 spiro atoms. The third-order valence-corrected chi connectivity index (χ3v) is 4.31. The molecule has 1 aromatic carbocycles. The second-order valence-corrected chi connectivity index (χ2v) is 6.01. The van der Waals surface area contributed by atoms with Crippen LogP contribution >= 0.6 is 0 Å². The Hall–Kier alpha value is -0.860. The summed E-state index contributed by atoms with van der Waals surface area (Å²) in [5, 5.41) is 3.72. The number of benzene rings is 1. The molecule has 0 fully saturated rings. The van der Waals surface area contributed by atoms with E-state index in [1.807, 2.05) is 0 Å². The molecule has 2 heteroatoms. The van der Waals surface area contributed by atoms with Gasteiger partial charge in [0.25, 0.3) is 0 Å². The quantitative estimate of drug-likeness (QED) is 0.821. The fourth-order valence-electron chi connectivity index (χ4n) is 3.16. The molecule has 0 aliphatic carbocycles. The van der Waals surface area contributed by atoms with Gasteiger partial charge in [0.1, 0.15) is 0 Å². The highest BCUT2D eigenvalue weighted by molar-refractivity contribution is 5.28. The second kappa shape index (κ2) is 8.43. The summed E-state index contributed by atoms with van der Waals surface area (Å²) in [6.07, 6.45) is 6.22. The molecule has 1 aliphatic heterocycles. The normalized spacial score (nSPS) is 17.5. The molecule has 0 saturated heterocycles. The maximum absolute atomic E-state index is 3.72. The van der Waals surface area contributed by atoms with E-state index < -0.39 is 0 Å². The standard InChI is InChI=1S/C18H30N2/c1-3-7-18(19-12-4-2)15-20-13-10-16-8-5-6-9-17(16)11-14-20/h5-6,8-9,18-19H,3-4,7,10-15H2,1-2H3. The third kappa shape index (κ3) is 4.60. The molecule has 0 saturated carbocycles. The lowest BCUT2D eigenvalue weighted by Gasteiger charge is -2.27. The SMILES string of the molecule is CCCNC(CCC)CN1CCc2ccccc2CC1. The summed E-state index contributed by atoms with van der Waals surface area (Å²) in [4.78, 5) is 2.66. The molecule has 1 heterocycles. The molecule has 1 N–H and O–H groups in total. The number of hydrogen-bond donors (Lipinski definition) is 1. The number of nitrogens with one attached hydrogen (secondary N) is 1. The first-order valence-electron chi connectivity index (χ1n) is 8.36. The Bertz CT molecular complexity index is 362. The summed E-state index contributed by atoms with van der Waals surface area (Å²) >= 11 is 0. The van der Waals surface area contributed by atoms with Gasteiger partial charge in [-0.1, -0.05) is 44.5 Å². The van der Waals surface area contributed by atoms with Gasteiger partial charge in [0.2, 0.25) is 0 Å². The third-order valence-electron chi connectivity index (χ3n) is 4.31. The highest BCUT2D eigenvalue weighted by Gasteiger charge is 2.16. The molecule has 1 unspecified atom stereocenters. The van der Waals surface area contributed by atoms with E-state index in [1.165, 1.54) is 51.7 Å². The van der Waals surface area contributed by atoms with E-state index in [-0.39, 0.29) is 0 Å². The Kier molecular flexibility index (Phi) is 6.55. The van der Waals surface area contributed by atoms with E-state index in [2.05, 4.69) is 48.3 Å². The van der Waals surface area contributed by atoms with Gasteiger partial charge in [-0.05, 0) is 43.4 Å². The van der Waals surface area contributed by atoms with Gasteiger partial charge in [-0.15, -0.1) is 0 Å². The fraction of sp³-hybridized carbons (Fsp3) is 0.667. The lowest BCUT2D eigenvalue weighted by atomic mass is 10.0. The molecule has 0 aromatic heterocycles. The van der Waals surface area contributed by atoms with Crippen molar-refractivity contribution in [3.05, 3.63) is 35.4 Å². The van der Waals surface area contributed by atoms with Crippen molar-refractivity contribution in [3.8, 4) is 0 Å². The predicted octanol–water partition coefficient (Wildman–Crippen LogP) is 3.26. The van der Waals surface area contributed by atoms with Crippen molar-refractivity contribution in [1.82, 2.24) is 10.2 Å². The fourth-order valence-corrected chi connectivity index (χ4v) is 3.16. The van der Waals surface area contributed by atoms with E-state index in [0.29, 0.717) is 6.04 Å².